The zero-order chi connectivity index (χ0) is 14.7. The maximum absolute atomic E-state index is 12.1. The van der Waals surface area contributed by atoms with Gasteiger partial charge in [-0.15, -0.1) is 11.3 Å². The summed E-state index contributed by atoms with van der Waals surface area (Å²) in [6.07, 6.45) is 0. The van der Waals surface area contributed by atoms with E-state index in [-0.39, 0.29) is 18.4 Å². The van der Waals surface area contributed by atoms with Gasteiger partial charge in [0.05, 0.1) is 11.4 Å². The summed E-state index contributed by atoms with van der Waals surface area (Å²) in [6, 6.07) is 9.74. The number of hydrogen-bond donors (Lipinski definition) is 2. The molecule has 2 N–H and O–H groups in total. The van der Waals surface area contributed by atoms with Gasteiger partial charge in [-0.2, -0.15) is 0 Å². The molecule has 0 aliphatic carbocycles. The van der Waals surface area contributed by atoms with Gasteiger partial charge < -0.3 is 15.5 Å². The summed E-state index contributed by atoms with van der Waals surface area (Å²) in [5.41, 5.74) is 0. The van der Waals surface area contributed by atoms with E-state index in [9.17, 15) is 9.59 Å². The van der Waals surface area contributed by atoms with E-state index >= 15 is 0 Å². The zero-order valence-electron chi connectivity index (χ0n) is 11.6. The molecule has 0 bridgehead atoms. The predicted octanol–water partition coefficient (Wildman–Crippen LogP) is 1.06. The topological polar surface area (TPSA) is 61.4 Å². The SMILES string of the molecule is O=C(NCC(=O)N1CCNCC1)c1cc2ccccc2s1. The Morgan fingerprint density at radius 2 is 2.00 bits per heavy atom. The zero-order valence-corrected chi connectivity index (χ0v) is 12.4. The smallest absolute Gasteiger partial charge is 0.261 e. The second kappa shape index (κ2) is 6.24. The Morgan fingerprint density at radius 3 is 2.76 bits per heavy atom. The number of nitrogens with zero attached hydrogens (tertiary/aromatic N) is 1. The van der Waals surface area contributed by atoms with Crippen molar-refractivity contribution in [2.75, 3.05) is 32.7 Å². The molecule has 110 valence electrons. The molecule has 2 aromatic rings. The molecule has 0 unspecified atom stereocenters. The van der Waals surface area contributed by atoms with Gasteiger partial charge in [0.25, 0.3) is 5.91 Å². The van der Waals surface area contributed by atoms with Crippen LogP contribution in [0.5, 0.6) is 0 Å². The highest BCUT2D eigenvalue weighted by Crippen LogP contribution is 2.24. The van der Waals surface area contributed by atoms with Gasteiger partial charge in [-0.3, -0.25) is 9.59 Å². The van der Waals surface area contributed by atoms with Gasteiger partial charge in [-0.05, 0) is 17.5 Å². The van der Waals surface area contributed by atoms with Crippen LogP contribution < -0.4 is 10.6 Å². The number of rotatable bonds is 3. The van der Waals surface area contributed by atoms with Crippen LogP contribution in [0, 0.1) is 0 Å². The minimum atomic E-state index is -0.181. The first-order valence-electron chi connectivity index (χ1n) is 6.99. The number of benzene rings is 1. The summed E-state index contributed by atoms with van der Waals surface area (Å²) >= 11 is 1.45. The van der Waals surface area contributed by atoms with E-state index in [4.69, 9.17) is 0 Å². The molecule has 0 radical (unpaired) electrons. The third-order valence-electron chi connectivity index (χ3n) is 3.52. The van der Waals surface area contributed by atoms with Crippen molar-refractivity contribution in [2.45, 2.75) is 0 Å². The van der Waals surface area contributed by atoms with Crippen LogP contribution in [0.2, 0.25) is 0 Å². The van der Waals surface area contributed by atoms with Crippen molar-refractivity contribution in [3.63, 3.8) is 0 Å². The number of carbonyl (C=O) groups is 2. The normalized spacial score (nSPS) is 15.1. The summed E-state index contributed by atoms with van der Waals surface area (Å²) in [5, 5.41) is 6.97. The fourth-order valence-corrected chi connectivity index (χ4v) is 3.34. The van der Waals surface area contributed by atoms with Crippen molar-refractivity contribution in [2.24, 2.45) is 0 Å². The van der Waals surface area contributed by atoms with E-state index in [1.165, 1.54) is 11.3 Å². The highest BCUT2D eigenvalue weighted by Gasteiger charge is 2.17. The van der Waals surface area contributed by atoms with E-state index in [0.717, 1.165) is 23.2 Å². The highest BCUT2D eigenvalue weighted by molar-refractivity contribution is 7.20. The number of carbonyl (C=O) groups excluding carboxylic acids is 2. The molecule has 5 nitrogen and oxygen atoms in total. The van der Waals surface area contributed by atoms with Crippen molar-refractivity contribution in [3.05, 3.63) is 35.2 Å². The molecule has 6 heteroatoms. The molecular formula is C15H17N3O2S. The van der Waals surface area contributed by atoms with Crippen molar-refractivity contribution >= 4 is 33.2 Å². The van der Waals surface area contributed by atoms with Gasteiger partial charge in [0.2, 0.25) is 5.91 Å². The third-order valence-corrected chi connectivity index (χ3v) is 4.63. The molecule has 2 amide bonds. The minimum absolute atomic E-state index is 0.0223. The lowest BCUT2D eigenvalue weighted by Crippen LogP contribution is -2.49. The predicted molar refractivity (Wildman–Crippen MR) is 83.6 cm³/mol. The van der Waals surface area contributed by atoms with Gasteiger partial charge in [-0.1, -0.05) is 18.2 Å². The lowest BCUT2D eigenvalue weighted by molar-refractivity contribution is -0.130. The standard InChI is InChI=1S/C15H17N3O2S/c19-14(18-7-5-16-6-8-18)10-17-15(20)13-9-11-3-1-2-4-12(11)21-13/h1-4,9,16H,5-8,10H2,(H,17,20). The Bertz CT molecular complexity index is 629. The van der Waals surface area contributed by atoms with Crippen LogP contribution in [0.15, 0.2) is 30.3 Å². The monoisotopic (exact) mass is 303 g/mol. The van der Waals surface area contributed by atoms with E-state index in [1.807, 2.05) is 30.3 Å². The highest BCUT2D eigenvalue weighted by atomic mass is 32.1. The van der Waals surface area contributed by atoms with Crippen LogP contribution in [-0.2, 0) is 4.79 Å². The average Bonchev–Trinajstić information content (AvgIpc) is 2.97. The molecule has 1 saturated heterocycles. The molecule has 1 aromatic carbocycles. The molecule has 0 spiro atoms. The maximum Gasteiger partial charge on any atom is 0.261 e. The number of amides is 2. The number of thiophene rings is 1. The third kappa shape index (κ3) is 3.22. The Balaban J connectivity index is 1.59. The second-order valence-electron chi connectivity index (χ2n) is 4.96. The molecule has 1 fully saturated rings. The van der Waals surface area contributed by atoms with E-state index in [0.29, 0.717) is 18.0 Å². The van der Waals surface area contributed by atoms with Crippen LogP contribution in [0.25, 0.3) is 10.1 Å². The number of nitrogens with one attached hydrogen (secondary N) is 2. The minimum Gasteiger partial charge on any atom is -0.342 e. The molecule has 1 aliphatic heterocycles. The van der Waals surface area contributed by atoms with Gasteiger partial charge in [0.1, 0.15) is 0 Å². The van der Waals surface area contributed by atoms with E-state index in [2.05, 4.69) is 10.6 Å². The molecule has 1 aliphatic rings. The molecule has 0 atom stereocenters. The van der Waals surface area contributed by atoms with Crippen molar-refractivity contribution in [3.8, 4) is 0 Å². The quantitative estimate of drug-likeness (QED) is 0.891. The number of piperazine rings is 1. The molecule has 3 rings (SSSR count). The summed E-state index contributed by atoms with van der Waals surface area (Å²) in [4.78, 5) is 26.5. The lowest BCUT2D eigenvalue weighted by atomic mass is 10.2. The molecule has 1 aromatic heterocycles. The molecule has 2 heterocycles. The molecule has 0 saturated carbocycles. The fraction of sp³-hybridized carbons (Fsp3) is 0.333. The van der Waals surface area contributed by atoms with Crippen molar-refractivity contribution in [1.82, 2.24) is 15.5 Å². The van der Waals surface area contributed by atoms with Gasteiger partial charge in [0.15, 0.2) is 0 Å². The maximum atomic E-state index is 12.1. The van der Waals surface area contributed by atoms with E-state index < -0.39 is 0 Å². The number of hydrogen-bond acceptors (Lipinski definition) is 4. The Hall–Kier alpha value is -1.92. The molecular weight excluding hydrogens is 286 g/mol. The van der Waals surface area contributed by atoms with Crippen LogP contribution in [-0.4, -0.2) is 49.4 Å². The molecule has 21 heavy (non-hydrogen) atoms. The first kappa shape index (κ1) is 14.0. The van der Waals surface area contributed by atoms with Gasteiger partial charge >= 0.3 is 0 Å². The summed E-state index contributed by atoms with van der Waals surface area (Å²) in [6.45, 7) is 3.11. The fourth-order valence-electron chi connectivity index (χ4n) is 2.36. The number of fused-ring (bicyclic) bond motifs is 1. The summed E-state index contributed by atoms with van der Waals surface area (Å²) in [7, 11) is 0. The van der Waals surface area contributed by atoms with Crippen LogP contribution >= 0.6 is 11.3 Å². The summed E-state index contributed by atoms with van der Waals surface area (Å²) < 4.78 is 1.08. The Morgan fingerprint density at radius 1 is 1.24 bits per heavy atom. The van der Waals surface area contributed by atoms with Gasteiger partial charge in [-0.25, -0.2) is 0 Å². The van der Waals surface area contributed by atoms with Crippen LogP contribution in [0.1, 0.15) is 9.67 Å². The second-order valence-corrected chi connectivity index (χ2v) is 6.05. The summed E-state index contributed by atoms with van der Waals surface area (Å²) in [5.74, 6) is -0.203. The van der Waals surface area contributed by atoms with Gasteiger partial charge in [0, 0.05) is 30.9 Å². The van der Waals surface area contributed by atoms with E-state index in [1.54, 1.807) is 4.90 Å². The Labute approximate surface area is 126 Å². The largest absolute Gasteiger partial charge is 0.342 e. The van der Waals surface area contributed by atoms with Crippen molar-refractivity contribution in [1.29, 1.82) is 0 Å². The average molecular weight is 303 g/mol. The first-order valence-corrected chi connectivity index (χ1v) is 7.81. The van der Waals surface area contributed by atoms with Crippen molar-refractivity contribution < 1.29 is 9.59 Å². The lowest BCUT2D eigenvalue weighted by Gasteiger charge is -2.27. The first-order chi connectivity index (χ1) is 10.2. The van der Waals surface area contributed by atoms with Crippen LogP contribution in [0.3, 0.4) is 0 Å². The van der Waals surface area contributed by atoms with Crippen LogP contribution in [0.4, 0.5) is 0 Å². The Kier molecular flexibility index (Phi) is 4.17.